The Kier molecular flexibility index (Phi) is 3.75. The molecule has 0 saturated carbocycles. The lowest BCUT2D eigenvalue weighted by Crippen LogP contribution is -1.93. The first kappa shape index (κ1) is 15.1. The van der Waals surface area contributed by atoms with Crippen LogP contribution in [0.1, 0.15) is 0 Å². The maximum atomic E-state index is 11.5. The molecule has 0 heterocycles. The fourth-order valence-corrected chi connectivity index (χ4v) is 3.09. The Morgan fingerprint density at radius 2 is 1.28 bits per heavy atom. The van der Waals surface area contributed by atoms with Crippen LogP contribution in [0, 0.1) is 10.1 Å². The maximum Gasteiger partial charge on any atom is 0.277 e. The summed E-state index contributed by atoms with van der Waals surface area (Å²) >= 11 is 0. The zero-order valence-corrected chi connectivity index (χ0v) is 13.4. The van der Waals surface area contributed by atoms with Crippen molar-refractivity contribution in [3.8, 4) is 22.3 Å². The molecule has 0 bridgehead atoms. The van der Waals surface area contributed by atoms with Crippen LogP contribution in [0.4, 0.5) is 5.69 Å². The Morgan fingerprint density at radius 3 is 2.04 bits per heavy atom. The monoisotopic (exact) mass is 325 g/mol. The highest BCUT2D eigenvalue weighted by Gasteiger charge is 2.16. The van der Waals surface area contributed by atoms with Crippen LogP contribution < -0.4 is 0 Å². The number of nitrogens with zero attached hydrogens (tertiary/aromatic N) is 1. The zero-order chi connectivity index (χ0) is 17.2. The number of rotatable bonds is 3. The van der Waals surface area contributed by atoms with Crippen molar-refractivity contribution in [1.29, 1.82) is 0 Å². The minimum Gasteiger partial charge on any atom is -0.258 e. The summed E-state index contributed by atoms with van der Waals surface area (Å²) in [6.07, 6.45) is 0. The summed E-state index contributed by atoms with van der Waals surface area (Å²) < 4.78 is 0. The second kappa shape index (κ2) is 6.21. The fourth-order valence-electron chi connectivity index (χ4n) is 3.09. The van der Waals surface area contributed by atoms with Crippen LogP contribution in [0.3, 0.4) is 0 Å². The van der Waals surface area contributed by atoms with E-state index in [0.717, 1.165) is 27.5 Å². The summed E-state index contributed by atoms with van der Waals surface area (Å²) in [7, 11) is 0. The normalized spacial score (nSPS) is 10.7. The summed E-state index contributed by atoms with van der Waals surface area (Å²) in [6.45, 7) is 0. The molecule has 0 fully saturated rings. The fraction of sp³-hybridized carbons (Fsp3) is 0. The lowest BCUT2D eigenvalue weighted by atomic mass is 9.96. The zero-order valence-electron chi connectivity index (χ0n) is 13.4. The van der Waals surface area contributed by atoms with E-state index in [2.05, 4.69) is 0 Å². The van der Waals surface area contributed by atoms with Crippen LogP contribution in [0.25, 0.3) is 33.0 Å². The van der Waals surface area contributed by atoms with Gasteiger partial charge in [0.05, 0.1) is 10.5 Å². The highest BCUT2D eigenvalue weighted by atomic mass is 16.6. The van der Waals surface area contributed by atoms with Crippen molar-refractivity contribution >= 4 is 16.5 Å². The van der Waals surface area contributed by atoms with Crippen LogP contribution >= 0.6 is 0 Å². The average molecular weight is 325 g/mol. The van der Waals surface area contributed by atoms with Crippen molar-refractivity contribution in [2.45, 2.75) is 0 Å². The van der Waals surface area contributed by atoms with Crippen molar-refractivity contribution < 1.29 is 4.92 Å². The molecule has 4 aromatic rings. The first-order valence-electron chi connectivity index (χ1n) is 8.05. The Bertz CT molecular complexity index is 1070. The van der Waals surface area contributed by atoms with Gasteiger partial charge >= 0.3 is 0 Å². The molecule has 0 saturated heterocycles. The third-order valence-electron chi connectivity index (χ3n) is 4.36. The molecule has 0 aliphatic carbocycles. The Hall–Kier alpha value is -3.46. The molecular formula is C22H15NO2. The lowest BCUT2D eigenvalue weighted by molar-refractivity contribution is -0.384. The van der Waals surface area contributed by atoms with Gasteiger partial charge in [0.2, 0.25) is 0 Å². The summed E-state index contributed by atoms with van der Waals surface area (Å²) in [5, 5.41) is 13.7. The van der Waals surface area contributed by atoms with Crippen LogP contribution in [-0.4, -0.2) is 4.92 Å². The van der Waals surface area contributed by atoms with Gasteiger partial charge < -0.3 is 0 Å². The molecule has 0 aliphatic heterocycles. The number of hydrogen-bond donors (Lipinski definition) is 0. The Balaban J connectivity index is 1.92. The van der Waals surface area contributed by atoms with Crippen LogP contribution in [0.15, 0.2) is 91.0 Å². The van der Waals surface area contributed by atoms with Gasteiger partial charge in [0.15, 0.2) is 0 Å². The predicted octanol–water partition coefficient (Wildman–Crippen LogP) is 6.08. The van der Waals surface area contributed by atoms with E-state index in [9.17, 15) is 10.1 Å². The number of nitro benzene ring substituents is 1. The first-order chi connectivity index (χ1) is 12.2. The highest BCUT2D eigenvalue weighted by Crippen LogP contribution is 2.35. The van der Waals surface area contributed by atoms with E-state index >= 15 is 0 Å². The van der Waals surface area contributed by atoms with Crippen molar-refractivity contribution in [3.05, 3.63) is 101 Å². The first-order valence-corrected chi connectivity index (χ1v) is 8.05. The van der Waals surface area contributed by atoms with Gasteiger partial charge in [-0.05, 0) is 45.7 Å². The average Bonchev–Trinajstić information content (AvgIpc) is 2.67. The van der Waals surface area contributed by atoms with Crippen molar-refractivity contribution in [1.82, 2.24) is 0 Å². The van der Waals surface area contributed by atoms with E-state index in [1.54, 1.807) is 12.1 Å². The van der Waals surface area contributed by atoms with E-state index < -0.39 is 0 Å². The second-order valence-electron chi connectivity index (χ2n) is 5.92. The van der Waals surface area contributed by atoms with Crippen LogP contribution in [0.5, 0.6) is 0 Å². The van der Waals surface area contributed by atoms with Crippen molar-refractivity contribution in [3.63, 3.8) is 0 Å². The molecule has 0 aliphatic rings. The molecule has 4 aromatic carbocycles. The van der Waals surface area contributed by atoms with Gasteiger partial charge in [0.25, 0.3) is 5.69 Å². The predicted molar refractivity (Wildman–Crippen MR) is 101 cm³/mol. The molecule has 0 aromatic heterocycles. The SMILES string of the molecule is O=[N+]([O-])c1ccc(-c2ccccc2)cc1-c1ccc2ccccc2c1. The quantitative estimate of drug-likeness (QED) is 0.338. The molecule has 3 nitrogen and oxygen atoms in total. The Labute approximate surface area is 145 Å². The van der Waals surface area contributed by atoms with Gasteiger partial charge in [-0.3, -0.25) is 10.1 Å². The molecule has 3 heteroatoms. The highest BCUT2D eigenvalue weighted by molar-refractivity contribution is 5.90. The van der Waals surface area contributed by atoms with Gasteiger partial charge in [-0.2, -0.15) is 0 Å². The van der Waals surface area contributed by atoms with E-state index in [1.165, 1.54) is 0 Å². The molecular weight excluding hydrogens is 310 g/mol. The molecule has 0 N–H and O–H groups in total. The van der Waals surface area contributed by atoms with Gasteiger partial charge in [-0.1, -0.05) is 66.7 Å². The molecule has 4 rings (SSSR count). The maximum absolute atomic E-state index is 11.5. The number of benzene rings is 4. The Morgan fingerprint density at radius 1 is 0.600 bits per heavy atom. The van der Waals surface area contributed by atoms with Crippen LogP contribution in [-0.2, 0) is 0 Å². The number of fused-ring (bicyclic) bond motifs is 1. The van der Waals surface area contributed by atoms with Gasteiger partial charge in [-0.15, -0.1) is 0 Å². The van der Waals surface area contributed by atoms with Gasteiger partial charge in [0, 0.05) is 6.07 Å². The molecule has 25 heavy (non-hydrogen) atoms. The molecule has 0 radical (unpaired) electrons. The van der Waals surface area contributed by atoms with Crippen LogP contribution in [0.2, 0.25) is 0 Å². The molecule has 0 spiro atoms. The van der Waals surface area contributed by atoms with E-state index in [0.29, 0.717) is 5.56 Å². The summed E-state index contributed by atoms with van der Waals surface area (Å²) in [5.41, 5.74) is 3.61. The number of hydrogen-bond acceptors (Lipinski definition) is 2. The standard InChI is InChI=1S/C22H15NO2/c24-23(25)22-13-12-19(16-6-2-1-3-7-16)15-21(22)20-11-10-17-8-4-5-9-18(17)14-20/h1-15H. The van der Waals surface area contributed by atoms with Gasteiger partial charge in [-0.25, -0.2) is 0 Å². The summed E-state index contributed by atoms with van der Waals surface area (Å²) in [5.74, 6) is 0. The lowest BCUT2D eigenvalue weighted by Gasteiger charge is -2.08. The molecule has 0 atom stereocenters. The molecule has 0 amide bonds. The molecule has 120 valence electrons. The topological polar surface area (TPSA) is 43.1 Å². The van der Waals surface area contributed by atoms with E-state index in [4.69, 9.17) is 0 Å². The third-order valence-corrected chi connectivity index (χ3v) is 4.36. The third kappa shape index (κ3) is 2.88. The van der Waals surface area contributed by atoms with Crippen molar-refractivity contribution in [2.75, 3.05) is 0 Å². The minimum absolute atomic E-state index is 0.120. The molecule has 0 unspecified atom stereocenters. The summed E-state index contributed by atoms with van der Waals surface area (Å²) in [6, 6.07) is 29.2. The largest absolute Gasteiger partial charge is 0.277 e. The second-order valence-corrected chi connectivity index (χ2v) is 5.92. The van der Waals surface area contributed by atoms with Crippen molar-refractivity contribution in [2.24, 2.45) is 0 Å². The smallest absolute Gasteiger partial charge is 0.258 e. The summed E-state index contributed by atoms with van der Waals surface area (Å²) in [4.78, 5) is 11.2. The van der Waals surface area contributed by atoms with E-state index in [1.807, 2.05) is 78.9 Å². The van der Waals surface area contributed by atoms with E-state index in [-0.39, 0.29) is 10.6 Å². The number of nitro groups is 1. The minimum atomic E-state index is -0.320. The van der Waals surface area contributed by atoms with Gasteiger partial charge in [0.1, 0.15) is 0 Å².